The second-order valence-electron chi connectivity index (χ2n) is 3.33. The van der Waals surface area contributed by atoms with Gasteiger partial charge in [-0.15, -0.1) is 0 Å². The number of pyridine rings is 1. The van der Waals surface area contributed by atoms with Crippen LogP contribution in [0.5, 0.6) is 0 Å². The van der Waals surface area contributed by atoms with Gasteiger partial charge in [0.15, 0.2) is 0 Å². The molecule has 17 heavy (non-hydrogen) atoms. The van der Waals surface area contributed by atoms with E-state index in [1.807, 2.05) is 16.8 Å². The van der Waals surface area contributed by atoms with E-state index in [4.69, 9.17) is 0 Å². The average Bonchev–Trinajstić information content (AvgIpc) is 2.80. The molecule has 0 saturated carbocycles. The van der Waals surface area contributed by atoms with Gasteiger partial charge < -0.3 is 4.98 Å². The fourth-order valence-corrected chi connectivity index (χ4v) is 3.00. The molecule has 2 aromatic heterocycles. The number of nitrogens with one attached hydrogen (secondary N) is 2. The maximum atomic E-state index is 11.8. The lowest BCUT2D eigenvalue weighted by Crippen LogP contribution is -2.27. The van der Waals surface area contributed by atoms with Gasteiger partial charge in [-0.2, -0.15) is 11.3 Å². The van der Waals surface area contributed by atoms with Crippen molar-refractivity contribution < 1.29 is 8.42 Å². The Morgan fingerprint density at radius 1 is 1.35 bits per heavy atom. The fraction of sp³-hybridized carbons (Fsp3) is 0.100. The first-order valence-electron chi connectivity index (χ1n) is 4.77. The van der Waals surface area contributed by atoms with E-state index in [9.17, 15) is 13.2 Å². The van der Waals surface area contributed by atoms with Crippen molar-refractivity contribution in [3.05, 3.63) is 51.1 Å². The van der Waals surface area contributed by atoms with Crippen molar-refractivity contribution >= 4 is 21.4 Å². The van der Waals surface area contributed by atoms with Crippen LogP contribution >= 0.6 is 11.3 Å². The summed E-state index contributed by atoms with van der Waals surface area (Å²) in [4.78, 5) is 13.7. The lowest BCUT2D eigenvalue weighted by Gasteiger charge is -2.04. The number of aromatic nitrogens is 1. The predicted octanol–water partition coefficient (Wildman–Crippen LogP) is 0.915. The van der Waals surface area contributed by atoms with Gasteiger partial charge in [0.1, 0.15) is 4.90 Å². The Kier molecular flexibility index (Phi) is 3.41. The van der Waals surface area contributed by atoms with E-state index in [-0.39, 0.29) is 11.4 Å². The number of hydrogen-bond donors (Lipinski definition) is 2. The number of hydrogen-bond acceptors (Lipinski definition) is 4. The van der Waals surface area contributed by atoms with Gasteiger partial charge in [-0.1, -0.05) is 0 Å². The molecule has 2 N–H and O–H groups in total. The fourth-order valence-electron chi connectivity index (χ4n) is 1.26. The Labute approximate surface area is 102 Å². The Hall–Kier alpha value is -1.44. The Balaban J connectivity index is 2.20. The van der Waals surface area contributed by atoms with Crippen LogP contribution in [-0.4, -0.2) is 13.4 Å². The van der Waals surface area contributed by atoms with E-state index < -0.39 is 15.5 Å². The highest BCUT2D eigenvalue weighted by Crippen LogP contribution is 2.07. The van der Waals surface area contributed by atoms with Crippen LogP contribution in [0.3, 0.4) is 0 Å². The van der Waals surface area contributed by atoms with Gasteiger partial charge in [-0.3, -0.25) is 4.79 Å². The molecule has 0 spiro atoms. The van der Waals surface area contributed by atoms with Crippen molar-refractivity contribution in [3.63, 3.8) is 0 Å². The van der Waals surface area contributed by atoms with Crippen LogP contribution < -0.4 is 10.2 Å². The summed E-state index contributed by atoms with van der Waals surface area (Å²) in [5, 5.41) is 3.71. The van der Waals surface area contributed by atoms with E-state index >= 15 is 0 Å². The molecule has 0 radical (unpaired) electrons. The molecule has 0 aliphatic carbocycles. The molecule has 0 atom stereocenters. The monoisotopic (exact) mass is 270 g/mol. The molecule has 2 rings (SSSR count). The second kappa shape index (κ2) is 4.82. The lowest BCUT2D eigenvalue weighted by atomic mass is 10.4. The molecule has 0 fully saturated rings. The van der Waals surface area contributed by atoms with Gasteiger partial charge in [0.2, 0.25) is 15.5 Å². The van der Waals surface area contributed by atoms with Gasteiger partial charge >= 0.3 is 0 Å². The van der Waals surface area contributed by atoms with Crippen molar-refractivity contribution in [2.75, 3.05) is 0 Å². The number of rotatable bonds is 4. The standard InChI is InChI=1S/C10H10N2O3S2/c13-9-1-3-11-6-10(9)17(14,15)12-5-8-2-4-16-7-8/h1-4,6-7,12H,5H2,(H,11,13). The van der Waals surface area contributed by atoms with Crippen LogP contribution in [0.25, 0.3) is 0 Å². The third-order valence-corrected chi connectivity index (χ3v) is 4.28. The Morgan fingerprint density at radius 3 is 2.82 bits per heavy atom. The molecular weight excluding hydrogens is 260 g/mol. The van der Waals surface area contributed by atoms with Crippen LogP contribution in [0.4, 0.5) is 0 Å². The number of aromatic amines is 1. The zero-order valence-corrected chi connectivity index (χ0v) is 10.3. The lowest BCUT2D eigenvalue weighted by molar-refractivity contribution is 0.580. The molecule has 0 aliphatic heterocycles. The quantitative estimate of drug-likeness (QED) is 0.867. The zero-order valence-electron chi connectivity index (χ0n) is 8.71. The number of thiophene rings is 1. The molecule has 0 amide bonds. The summed E-state index contributed by atoms with van der Waals surface area (Å²) in [6, 6.07) is 3.00. The molecule has 90 valence electrons. The normalized spacial score (nSPS) is 11.5. The molecule has 7 heteroatoms. The van der Waals surface area contributed by atoms with E-state index in [0.29, 0.717) is 0 Å². The minimum Gasteiger partial charge on any atom is -0.366 e. The molecule has 0 saturated heterocycles. The zero-order chi connectivity index (χ0) is 12.3. The summed E-state index contributed by atoms with van der Waals surface area (Å²) in [5.41, 5.74) is 0.340. The third-order valence-electron chi connectivity index (χ3n) is 2.12. The maximum absolute atomic E-state index is 11.8. The van der Waals surface area contributed by atoms with Crippen molar-refractivity contribution in [2.24, 2.45) is 0 Å². The van der Waals surface area contributed by atoms with Crippen LogP contribution in [0, 0.1) is 0 Å². The first-order chi connectivity index (χ1) is 8.09. The largest absolute Gasteiger partial charge is 0.366 e. The topological polar surface area (TPSA) is 79.0 Å². The third kappa shape index (κ3) is 2.82. The minimum atomic E-state index is -3.76. The Bertz CT molecular complexity index is 644. The summed E-state index contributed by atoms with van der Waals surface area (Å²) in [6.07, 6.45) is 2.57. The Morgan fingerprint density at radius 2 is 2.18 bits per heavy atom. The van der Waals surface area contributed by atoms with Crippen molar-refractivity contribution in [2.45, 2.75) is 11.4 Å². The molecule has 5 nitrogen and oxygen atoms in total. The molecule has 0 aliphatic rings. The van der Waals surface area contributed by atoms with Gasteiger partial charge in [-0.25, -0.2) is 13.1 Å². The first-order valence-corrected chi connectivity index (χ1v) is 7.20. The molecular formula is C10H10N2O3S2. The smallest absolute Gasteiger partial charge is 0.246 e. The number of sulfonamides is 1. The molecule has 0 unspecified atom stereocenters. The minimum absolute atomic E-state index is 0.181. The van der Waals surface area contributed by atoms with Crippen molar-refractivity contribution in [1.29, 1.82) is 0 Å². The molecule has 2 aromatic rings. The summed E-state index contributed by atoms with van der Waals surface area (Å²) in [5.74, 6) is 0. The van der Waals surface area contributed by atoms with E-state index in [1.165, 1.54) is 29.8 Å². The van der Waals surface area contributed by atoms with Gasteiger partial charge in [0.05, 0.1) is 0 Å². The highest BCUT2D eigenvalue weighted by molar-refractivity contribution is 7.89. The van der Waals surface area contributed by atoms with Crippen molar-refractivity contribution in [3.8, 4) is 0 Å². The molecule has 0 bridgehead atoms. The van der Waals surface area contributed by atoms with Crippen LogP contribution in [0.15, 0.2) is 45.0 Å². The highest BCUT2D eigenvalue weighted by atomic mass is 32.2. The molecule has 2 heterocycles. The van der Waals surface area contributed by atoms with Gasteiger partial charge in [0, 0.05) is 25.0 Å². The van der Waals surface area contributed by atoms with E-state index in [2.05, 4.69) is 9.71 Å². The van der Waals surface area contributed by atoms with Crippen LogP contribution in [-0.2, 0) is 16.6 Å². The van der Waals surface area contributed by atoms with E-state index in [0.717, 1.165) is 5.56 Å². The number of H-pyrrole nitrogens is 1. The van der Waals surface area contributed by atoms with Crippen LogP contribution in [0.1, 0.15) is 5.56 Å². The van der Waals surface area contributed by atoms with Gasteiger partial charge in [0.25, 0.3) is 0 Å². The first kappa shape index (κ1) is 12.0. The SMILES string of the molecule is O=c1cc[nH]cc1S(=O)(=O)NCc1ccsc1. The summed E-state index contributed by atoms with van der Waals surface area (Å²) >= 11 is 1.49. The van der Waals surface area contributed by atoms with Crippen LogP contribution in [0.2, 0.25) is 0 Å². The predicted molar refractivity (Wildman–Crippen MR) is 65.4 cm³/mol. The summed E-state index contributed by atoms with van der Waals surface area (Å²) in [6.45, 7) is 0.181. The summed E-state index contributed by atoms with van der Waals surface area (Å²) in [7, 11) is -3.76. The second-order valence-corrected chi connectivity index (χ2v) is 5.84. The molecule has 0 aromatic carbocycles. The van der Waals surface area contributed by atoms with E-state index in [1.54, 1.807) is 0 Å². The van der Waals surface area contributed by atoms with Gasteiger partial charge in [-0.05, 0) is 22.4 Å². The average molecular weight is 270 g/mol. The maximum Gasteiger partial charge on any atom is 0.246 e. The highest BCUT2D eigenvalue weighted by Gasteiger charge is 2.16. The van der Waals surface area contributed by atoms with Crippen molar-refractivity contribution in [1.82, 2.24) is 9.71 Å². The summed E-state index contributed by atoms with van der Waals surface area (Å²) < 4.78 is 26.0.